The molecule has 2 aliphatic carbocycles. The zero-order chi connectivity index (χ0) is 20.4. The van der Waals surface area contributed by atoms with Crippen molar-refractivity contribution in [3.63, 3.8) is 0 Å². The van der Waals surface area contributed by atoms with Crippen molar-refractivity contribution in [2.24, 2.45) is 17.3 Å². The van der Waals surface area contributed by atoms with E-state index >= 15 is 0 Å². The first kappa shape index (κ1) is 18.1. The molecule has 5 aliphatic rings. The van der Waals surface area contributed by atoms with Gasteiger partial charge in [0.15, 0.2) is 5.60 Å². The van der Waals surface area contributed by atoms with Gasteiger partial charge in [-0.3, -0.25) is 4.79 Å². The highest BCUT2D eigenvalue weighted by Crippen LogP contribution is 2.75. The van der Waals surface area contributed by atoms with Crippen molar-refractivity contribution < 1.29 is 38.7 Å². The smallest absolute Gasteiger partial charge is 0.337 e. The molecule has 0 radical (unpaired) electrons. The molecule has 0 amide bonds. The van der Waals surface area contributed by atoms with E-state index in [9.17, 15) is 19.8 Å². The lowest BCUT2D eigenvalue weighted by Crippen LogP contribution is -2.72. The first-order chi connectivity index (χ1) is 13.1. The van der Waals surface area contributed by atoms with Crippen LogP contribution in [0.1, 0.15) is 27.2 Å². The third-order valence-electron chi connectivity index (χ3n) is 7.89. The molecule has 2 saturated carbocycles. The fourth-order valence-electron chi connectivity index (χ4n) is 6.49. The second-order valence-corrected chi connectivity index (χ2v) is 8.90. The first-order valence-electron chi connectivity index (χ1n) is 9.45. The van der Waals surface area contributed by atoms with Crippen LogP contribution in [0, 0.1) is 17.3 Å². The van der Waals surface area contributed by atoms with Crippen LogP contribution >= 0.6 is 0 Å². The maximum Gasteiger partial charge on any atom is 0.337 e. The number of hydrogen-bond acceptors (Lipinski definition) is 8. The Hall–Kier alpha value is -1.90. The van der Waals surface area contributed by atoms with Crippen molar-refractivity contribution in [1.29, 1.82) is 0 Å². The van der Waals surface area contributed by atoms with Gasteiger partial charge in [0.25, 0.3) is 0 Å². The molecule has 2 bridgehead atoms. The van der Waals surface area contributed by atoms with Crippen LogP contribution in [0.2, 0.25) is 0 Å². The molecule has 2 saturated heterocycles. The Morgan fingerprint density at radius 2 is 2.04 bits per heavy atom. The molecule has 4 fully saturated rings. The molecule has 1 spiro atoms. The number of esters is 2. The quantitative estimate of drug-likeness (QED) is 0.390. The monoisotopic (exact) mass is 392 g/mol. The minimum Gasteiger partial charge on any atom is -0.487 e. The number of allylic oxidation sites excluding steroid dienone is 1. The van der Waals surface area contributed by atoms with Crippen molar-refractivity contribution in [3.8, 4) is 0 Å². The van der Waals surface area contributed by atoms with Gasteiger partial charge in [-0.15, -0.1) is 0 Å². The summed E-state index contributed by atoms with van der Waals surface area (Å²) < 4.78 is 22.4. The maximum absolute atomic E-state index is 12.7. The highest BCUT2D eigenvalue weighted by atomic mass is 16.7. The first-order valence-corrected chi connectivity index (χ1v) is 9.45. The molecular formula is C20H24O8. The van der Waals surface area contributed by atoms with E-state index in [1.165, 1.54) is 7.11 Å². The third-order valence-corrected chi connectivity index (χ3v) is 7.89. The molecule has 9 atom stereocenters. The topological polar surface area (TPSA) is 115 Å². The number of rotatable bonds is 2. The molecule has 3 heterocycles. The highest BCUT2D eigenvalue weighted by molar-refractivity contribution is 5.90. The number of hydrogen-bond donors (Lipinski definition) is 2. The van der Waals surface area contributed by atoms with Crippen molar-refractivity contribution in [1.82, 2.24) is 0 Å². The van der Waals surface area contributed by atoms with Crippen LogP contribution in [-0.2, 0) is 28.5 Å². The van der Waals surface area contributed by atoms with Crippen molar-refractivity contribution in [3.05, 3.63) is 23.5 Å². The van der Waals surface area contributed by atoms with E-state index in [-0.39, 0.29) is 6.42 Å². The molecule has 8 nitrogen and oxygen atoms in total. The molecular weight excluding hydrogens is 368 g/mol. The maximum atomic E-state index is 12.7. The summed E-state index contributed by atoms with van der Waals surface area (Å²) in [5.74, 6) is -2.14. The summed E-state index contributed by atoms with van der Waals surface area (Å²) in [6.45, 7) is 9.06. The lowest BCUT2D eigenvalue weighted by Gasteiger charge is -2.57. The minimum atomic E-state index is -1.71. The van der Waals surface area contributed by atoms with Gasteiger partial charge in [-0.2, -0.15) is 0 Å². The fourth-order valence-corrected chi connectivity index (χ4v) is 6.49. The van der Waals surface area contributed by atoms with E-state index in [0.29, 0.717) is 16.9 Å². The Morgan fingerprint density at radius 3 is 2.64 bits per heavy atom. The summed E-state index contributed by atoms with van der Waals surface area (Å²) in [7, 11) is 1.29. The average Bonchev–Trinajstić information content (AvgIpc) is 3.24. The van der Waals surface area contributed by atoms with Crippen LogP contribution in [0.4, 0.5) is 0 Å². The number of methoxy groups -OCH3 is 1. The Kier molecular flexibility index (Phi) is 3.23. The van der Waals surface area contributed by atoms with Crippen LogP contribution in [0.5, 0.6) is 0 Å². The SMILES string of the molecule is C=C(C)[C@@H]1[C@H]2OC(=O)[C@@H]1[C@]1(O)[C@H]3O[C@H]3[C@]3(CC(C(=O)OC)=C(C)O3)[C@]1(C)[C@H]2O. The van der Waals surface area contributed by atoms with Gasteiger partial charge in [0.05, 0.1) is 24.0 Å². The molecule has 0 unspecified atom stereocenters. The average molecular weight is 392 g/mol. The van der Waals surface area contributed by atoms with Crippen LogP contribution in [0.25, 0.3) is 0 Å². The minimum absolute atomic E-state index is 0.119. The number of epoxide rings is 1. The van der Waals surface area contributed by atoms with Crippen molar-refractivity contribution >= 4 is 11.9 Å². The van der Waals surface area contributed by atoms with E-state index in [2.05, 4.69) is 6.58 Å². The fraction of sp³-hybridized carbons (Fsp3) is 0.700. The molecule has 152 valence electrons. The third kappa shape index (κ3) is 1.58. The zero-order valence-corrected chi connectivity index (χ0v) is 16.2. The number of aliphatic hydroxyl groups excluding tert-OH is 1. The summed E-state index contributed by atoms with van der Waals surface area (Å²) >= 11 is 0. The molecule has 3 aliphatic heterocycles. The van der Waals surface area contributed by atoms with Crippen molar-refractivity contribution in [2.75, 3.05) is 7.11 Å². The number of aliphatic hydroxyl groups is 2. The van der Waals surface area contributed by atoms with Gasteiger partial charge in [-0.25, -0.2) is 4.79 Å². The van der Waals surface area contributed by atoms with Gasteiger partial charge in [0, 0.05) is 12.3 Å². The molecule has 8 heteroatoms. The summed E-state index contributed by atoms with van der Waals surface area (Å²) in [5, 5.41) is 23.4. The lowest BCUT2D eigenvalue weighted by molar-refractivity contribution is -0.272. The highest BCUT2D eigenvalue weighted by Gasteiger charge is 2.92. The zero-order valence-electron chi connectivity index (χ0n) is 16.2. The Bertz CT molecular complexity index is 862. The van der Waals surface area contributed by atoms with Gasteiger partial charge in [-0.05, 0) is 13.8 Å². The summed E-state index contributed by atoms with van der Waals surface area (Å²) in [6.07, 6.45) is -3.18. The summed E-state index contributed by atoms with van der Waals surface area (Å²) in [5.41, 5.74) is -3.19. The molecule has 2 N–H and O–H groups in total. The van der Waals surface area contributed by atoms with Crippen LogP contribution in [-0.4, -0.2) is 64.9 Å². The Labute approximate surface area is 162 Å². The molecule has 0 aromatic heterocycles. The largest absolute Gasteiger partial charge is 0.487 e. The standard InChI is InChI=1S/C20H24O8/c1-7(2)10-11-17(23)26-12(10)13(21)18(4)19(14-15(27-14)20(11,18)24)6-9(8(3)28-19)16(22)25-5/h10-15,21,24H,1,6H2,2-5H3/t10-,11+,12+,13-,14+,15-,18-,19+,20-/m0/s1. The molecule has 0 aromatic carbocycles. The normalized spacial score (nSPS) is 52.9. The van der Waals surface area contributed by atoms with Crippen LogP contribution < -0.4 is 0 Å². The second kappa shape index (κ2) is 4.98. The lowest BCUT2D eigenvalue weighted by atomic mass is 9.51. The van der Waals surface area contributed by atoms with E-state index in [0.717, 1.165) is 0 Å². The van der Waals surface area contributed by atoms with Crippen molar-refractivity contribution in [2.45, 2.75) is 62.8 Å². The summed E-state index contributed by atoms with van der Waals surface area (Å²) in [4.78, 5) is 25.0. The Balaban J connectivity index is 1.67. The van der Waals surface area contributed by atoms with E-state index in [4.69, 9.17) is 18.9 Å². The van der Waals surface area contributed by atoms with Gasteiger partial charge in [0.1, 0.15) is 35.8 Å². The number of fused-ring (bicyclic) bond motifs is 8. The van der Waals surface area contributed by atoms with E-state index < -0.39 is 64.8 Å². The van der Waals surface area contributed by atoms with Gasteiger partial charge in [-0.1, -0.05) is 19.1 Å². The molecule has 0 aromatic rings. The second-order valence-electron chi connectivity index (χ2n) is 8.90. The predicted molar refractivity (Wildman–Crippen MR) is 92.5 cm³/mol. The van der Waals surface area contributed by atoms with E-state index in [1.54, 1.807) is 20.8 Å². The Morgan fingerprint density at radius 1 is 1.36 bits per heavy atom. The van der Waals surface area contributed by atoms with Gasteiger partial charge < -0.3 is 29.2 Å². The van der Waals surface area contributed by atoms with Gasteiger partial charge in [0.2, 0.25) is 0 Å². The molecule has 28 heavy (non-hydrogen) atoms. The number of carbonyl (C=O) groups excluding carboxylic acids is 2. The predicted octanol–water partition coefficient (Wildman–Crippen LogP) is 0.219. The van der Waals surface area contributed by atoms with Crippen LogP contribution in [0.3, 0.4) is 0 Å². The van der Waals surface area contributed by atoms with Gasteiger partial charge >= 0.3 is 11.9 Å². The van der Waals surface area contributed by atoms with Crippen LogP contribution in [0.15, 0.2) is 23.5 Å². The number of carbonyl (C=O) groups is 2. The number of ether oxygens (including phenoxy) is 4. The molecule has 5 rings (SSSR count). The van der Waals surface area contributed by atoms with E-state index in [1.807, 2.05) is 0 Å². The summed E-state index contributed by atoms with van der Waals surface area (Å²) in [6, 6.07) is 0.